The number of nitrogens with one attached hydrogen (secondary N) is 1. The quantitative estimate of drug-likeness (QED) is 0.749. The molecule has 0 aromatic heterocycles. The maximum atomic E-state index is 12.3. The van der Waals surface area contributed by atoms with E-state index in [4.69, 9.17) is 4.74 Å². The topological polar surface area (TPSA) is 38.3 Å². The van der Waals surface area contributed by atoms with Gasteiger partial charge in [-0.25, -0.2) is 0 Å². The highest BCUT2D eigenvalue weighted by atomic mass is 32.2. The Morgan fingerprint density at radius 3 is 2.25 bits per heavy atom. The van der Waals surface area contributed by atoms with Crippen LogP contribution in [0.15, 0.2) is 41.3 Å². The monoisotopic (exact) mass is 351 g/mol. The molecule has 0 aliphatic carbocycles. The van der Waals surface area contributed by atoms with Crippen LogP contribution in [-0.2, 0) is 4.79 Å². The van der Waals surface area contributed by atoms with E-state index in [0.29, 0.717) is 28.1 Å². The zero-order valence-corrected chi connectivity index (χ0v) is 14.5. The second-order valence-electron chi connectivity index (χ2n) is 5.47. The van der Waals surface area contributed by atoms with Gasteiger partial charge >= 0.3 is 0 Å². The Hall–Kier alpha value is -2.08. The number of ether oxygens (including phenoxy) is 1. The van der Waals surface area contributed by atoms with E-state index in [2.05, 4.69) is 5.32 Å². The van der Waals surface area contributed by atoms with Crippen LogP contribution in [0.2, 0.25) is 0 Å². The molecule has 0 radical (unpaired) electrons. The summed E-state index contributed by atoms with van der Waals surface area (Å²) in [5.74, 6) is -2.05. The molecule has 0 fully saturated rings. The van der Waals surface area contributed by atoms with E-state index in [0.717, 1.165) is 16.7 Å². The minimum atomic E-state index is -2.46. The number of anilines is 1. The molecule has 2 aromatic carbocycles. The lowest BCUT2D eigenvalue weighted by Crippen LogP contribution is -2.20. The summed E-state index contributed by atoms with van der Waals surface area (Å²) in [6.07, 6.45) is 0. The van der Waals surface area contributed by atoms with Crippen LogP contribution < -0.4 is 10.1 Å². The number of carbonyl (C=O) groups is 1. The highest BCUT2D eigenvalue weighted by Crippen LogP contribution is 2.26. The minimum Gasteiger partial charge on any atom is -0.483 e. The van der Waals surface area contributed by atoms with Crippen LogP contribution in [0.25, 0.3) is 0 Å². The Labute approximate surface area is 144 Å². The Bertz CT molecular complexity index is 694. The van der Waals surface area contributed by atoms with Gasteiger partial charge in [-0.3, -0.25) is 4.79 Å². The number of hydrogen-bond acceptors (Lipinski definition) is 3. The second-order valence-corrected chi connectivity index (χ2v) is 6.53. The van der Waals surface area contributed by atoms with Gasteiger partial charge in [0, 0.05) is 10.6 Å². The fourth-order valence-corrected chi connectivity index (χ4v) is 2.95. The zero-order chi connectivity index (χ0) is 17.7. The zero-order valence-electron chi connectivity index (χ0n) is 13.7. The van der Waals surface area contributed by atoms with Crippen molar-refractivity contribution in [3.05, 3.63) is 53.1 Å². The third-order valence-electron chi connectivity index (χ3n) is 3.32. The number of alkyl halides is 2. The van der Waals surface area contributed by atoms with Crippen molar-refractivity contribution >= 4 is 23.4 Å². The molecule has 128 valence electrons. The van der Waals surface area contributed by atoms with Gasteiger partial charge in [-0.15, -0.1) is 0 Å². The number of hydrogen-bond donors (Lipinski definition) is 1. The molecule has 0 aliphatic heterocycles. The molecule has 3 nitrogen and oxygen atoms in total. The minimum absolute atomic E-state index is 0.113. The normalized spacial score (nSPS) is 10.8. The molecule has 0 unspecified atom stereocenters. The van der Waals surface area contributed by atoms with Crippen molar-refractivity contribution in [2.75, 3.05) is 11.9 Å². The Morgan fingerprint density at radius 2 is 1.71 bits per heavy atom. The molecular formula is C18H19F2NO2S. The van der Waals surface area contributed by atoms with E-state index in [1.807, 2.05) is 32.9 Å². The first-order valence-electron chi connectivity index (χ1n) is 7.40. The smallest absolute Gasteiger partial charge is 0.288 e. The van der Waals surface area contributed by atoms with E-state index >= 15 is 0 Å². The SMILES string of the molecule is Cc1cc(C)c(OCC(=O)Nc2ccc(SC(F)F)cc2)c(C)c1. The summed E-state index contributed by atoms with van der Waals surface area (Å²) in [6.45, 7) is 5.77. The molecule has 24 heavy (non-hydrogen) atoms. The Balaban J connectivity index is 1.92. The van der Waals surface area contributed by atoms with Gasteiger partial charge in [0.2, 0.25) is 0 Å². The predicted molar refractivity (Wildman–Crippen MR) is 93.1 cm³/mol. The summed E-state index contributed by atoms with van der Waals surface area (Å²) >= 11 is 0.467. The average Bonchev–Trinajstić information content (AvgIpc) is 2.47. The largest absolute Gasteiger partial charge is 0.483 e. The summed E-state index contributed by atoms with van der Waals surface area (Å²) in [5, 5.41) is 2.68. The molecular weight excluding hydrogens is 332 g/mol. The van der Waals surface area contributed by atoms with Crippen molar-refractivity contribution in [3.63, 3.8) is 0 Å². The third kappa shape index (κ3) is 5.23. The van der Waals surface area contributed by atoms with Crippen molar-refractivity contribution in [2.24, 2.45) is 0 Å². The molecule has 0 saturated heterocycles. The highest BCUT2D eigenvalue weighted by Gasteiger charge is 2.09. The number of halogens is 2. The molecule has 1 N–H and O–H groups in total. The fraction of sp³-hybridized carbons (Fsp3) is 0.278. The van der Waals surface area contributed by atoms with E-state index in [1.165, 1.54) is 0 Å². The van der Waals surface area contributed by atoms with Gasteiger partial charge in [0.25, 0.3) is 11.7 Å². The van der Waals surface area contributed by atoms with Gasteiger partial charge < -0.3 is 10.1 Å². The van der Waals surface area contributed by atoms with E-state index in [-0.39, 0.29) is 12.5 Å². The number of aryl methyl sites for hydroxylation is 3. The van der Waals surface area contributed by atoms with Crippen molar-refractivity contribution < 1.29 is 18.3 Å². The van der Waals surface area contributed by atoms with Gasteiger partial charge in [0.15, 0.2) is 6.61 Å². The standard InChI is InChI=1S/C18H19F2NO2S/c1-11-8-12(2)17(13(3)9-11)23-10-16(22)21-14-4-6-15(7-5-14)24-18(19)20/h4-9,18H,10H2,1-3H3,(H,21,22). The molecule has 1 amide bonds. The Morgan fingerprint density at radius 1 is 1.12 bits per heavy atom. The first-order valence-corrected chi connectivity index (χ1v) is 8.28. The van der Waals surface area contributed by atoms with Gasteiger partial charge in [-0.1, -0.05) is 29.5 Å². The van der Waals surface area contributed by atoms with E-state index < -0.39 is 5.76 Å². The van der Waals surface area contributed by atoms with Gasteiger partial charge in [0.1, 0.15) is 5.75 Å². The lowest BCUT2D eigenvalue weighted by Gasteiger charge is -2.13. The number of amides is 1. The molecule has 0 saturated carbocycles. The number of thioether (sulfide) groups is 1. The van der Waals surface area contributed by atoms with E-state index in [9.17, 15) is 13.6 Å². The van der Waals surface area contributed by atoms with Gasteiger partial charge in [-0.2, -0.15) is 8.78 Å². The molecule has 0 heterocycles. The maximum Gasteiger partial charge on any atom is 0.288 e. The summed E-state index contributed by atoms with van der Waals surface area (Å²) in [6, 6.07) is 10.3. The molecule has 0 bridgehead atoms. The van der Waals surface area contributed by atoms with Crippen molar-refractivity contribution in [1.82, 2.24) is 0 Å². The van der Waals surface area contributed by atoms with Crippen LogP contribution in [0.5, 0.6) is 5.75 Å². The number of rotatable bonds is 6. The first kappa shape index (κ1) is 18.3. The first-order chi connectivity index (χ1) is 11.3. The fourth-order valence-electron chi connectivity index (χ4n) is 2.45. The highest BCUT2D eigenvalue weighted by molar-refractivity contribution is 7.99. The molecule has 2 aromatic rings. The summed E-state index contributed by atoms with van der Waals surface area (Å²) < 4.78 is 30.1. The summed E-state index contributed by atoms with van der Waals surface area (Å²) in [5.41, 5.74) is 3.64. The van der Waals surface area contributed by atoms with Crippen LogP contribution in [0, 0.1) is 20.8 Å². The predicted octanol–water partition coefficient (Wildman–Crippen LogP) is 4.94. The lowest BCUT2D eigenvalue weighted by atomic mass is 10.1. The van der Waals surface area contributed by atoms with Crippen molar-refractivity contribution in [2.45, 2.75) is 31.4 Å². The molecule has 0 aliphatic rings. The van der Waals surface area contributed by atoms with Gasteiger partial charge in [0.05, 0.1) is 0 Å². The number of benzene rings is 2. The van der Waals surface area contributed by atoms with Crippen LogP contribution in [0.1, 0.15) is 16.7 Å². The summed E-state index contributed by atoms with van der Waals surface area (Å²) in [7, 11) is 0. The lowest BCUT2D eigenvalue weighted by molar-refractivity contribution is -0.118. The van der Waals surface area contributed by atoms with Crippen LogP contribution in [0.3, 0.4) is 0 Å². The molecule has 0 spiro atoms. The summed E-state index contributed by atoms with van der Waals surface area (Å²) in [4.78, 5) is 12.4. The van der Waals surface area contributed by atoms with Crippen molar-refractivity contribution in [3.8, 4) is 5.75 Å². The molecule has 2 rings (SSSR count). The Kier molecular flexibility index (Phi) is 6.20. The van der Waals surface area contributed by atoms with Crippen LogP contribution >= 0.6 is 11.8 Å². The second kappa shape index (κ2) is 8.15. The average molecular weight is 351 g/mol. The molecule has 6 heteroatoms. The van der Waals surface area contributed by atoms with E-state index in [1.54, 1.807) is 24.3 Å². The third-order valence-corrected chi connectivity index (χ3v) is 4.04. The number of carbonyl (C=O) groups excluding carboxylic acids is 1. The van der Waals surface area contributed by atoms with Gasteiger partial charge in [-0.05, 0) is 56.2 Å². The maximum absolute atomic E-state index is 12.3. The van der Waals surface area contributed by atoms with Crippen molar-refractivity contribution in [1.29, 1.82) is 0 Å². The van der Waals surface area contributed by atoms with Crippen LogP contribution in [0.4, 0.5) is 14.5 Å². The van der Waals surface area contributed by atoms with Crippen LogP contribution in [-0.4, -0.2) is 18.3 Å². The molecule has 0 atom stereocenters.